The van der Waals surface area contributed by atoms with Crippen molar-refractivity contribution in [3.8, 4) is 0 Å². The van der Waals surface area contributed by atoms with Crippen LogP contribution in [-0.4, -0.2) is 30.3 Å². The van der Waals surface area contributed by atoms with Crippen molar-refractivity contribution in [1.82, 2.24) is 4.98 Å². The number of halogens is 1. The average molecular weight is 256 g/mol. The molecule has 1 aliphatic heterocycles. The Kier molecular flexibility index (Phi) is 3.86. The second-order valence-corrected chi connectivity index (χ2v) is 4.85. The molecule has 2 atom stereocenters. The van der Waals surface area contributed by atoms with Crippen molar-refractivity contribution in [1.29, 1.82) is 0 Å². The highest BCUT2D eigenvalue weighted by Gasteiger charge is 2.25. The fraction of sp³-hybridized carbons (Fsp3) is 0.583. The molecular formula is C12H18ClN3O. The first-order chi connectivity index (χ1) is 8.11. The third-order valence-corrected chi connectivity index (χ3v) is 3.30. The van der Waals surface area contributed by atoms with Crippen molar-refractivity contribution >= 4 is 17.4 Å². The van der Waals surface area contributed by atoms with Crippen LogP contribution in [0.15, 0.2) is 12.3 Å². The summed E-state index contributed by atoms with van der Waals surface area (Å²) in [5.74, 6) is 0.816. The van der Waals surface area contributed by atoms with Crippen molar-refractivity contribution in [2.24, 2.45) is 5.73 Å². The Hall–Kier alpha value is -0.840. The van der Waals surface area contributed by atoms with E-state index in [1.165, 1.54) is 0 Å². The van der Waals surface area contributed by atoms with Gasteiger partial charge in [-0.25, -0.2) is 4.98 Å². The average Bonchev–Trinajstić information content (AvgIpc) is 2.28. The van der Waals surface area contributed by atoms with Crippen LogP contribution < -0.4 is 10.6 Å². The van der Waals surface area contributed by atoms with Crippen molar-refractivity contribution < 1.29 is 4.74 Å². The molecule has 2 heterocycles. The van der Waals surface area contributed by atoms with E-state index >= 15 is 0 Å². The van der Waals surface area contributed by atoms with Crippen molar-refractivity contribution in [3.63, 3.8) is 0 Å². The molecule has 0 radical (unpaired) electrons. The Balaban J connectivity index is 2.27. The summed E-state index contributed by atoms with van der Waals surface area (Å²) in [5, 5.41) is 0.663. The van der Waals surface area contributed by atoms with E-state index in [1.807, 2.05) is 6.07 Å². The lowest BCUT2D eigenvalue weighted by Crippen LogP contribution is -2.46. The van der Waals surface area contributed by atoms with Gasteiger partial charge in [0.25, 0.3) is 0 Å². The van der Waals surface area contributed by atoms with Crippen LogP contribution >= 0.6 is 11.6 Å². The zero-order chi connectivity index (χ0) is 12.4. The number of aromatic nitrogens is 1. The molecule has 0 aliphatic carbocycles. The third kappa shape index (κ3) is 2.70. The predicted molar refractivity (Wildman–Crippen MR) is 69.4 cm³/mol. The smallest absolute Gasteiger partial charge is 0.147 e. The van der Waals surface area contributed by atoms with Gasteiger partial charge in [-0.3, -0.25) is 0 Å². The van der Waals surface area contributed by atoms with Gasteiger partial charge in [0, 0.05) is 25.8 Å². The summed E-state index contributed by atoms with van der Waals surface area (Å²) in [6.07, 6.45) is 2.14. The molecule has 0 amide bonds. The first kappa shape index (κ1) is 12.6. The molecule has 0 aromatic carbocycles. The van der Waals surface area contributed by atoms with Gasteiger partial charge in [-0.15, -0.1) is 0 Å². The number of anilines is 1. The van der Waals surface area contributed by atoms with Gasteiger partial charge in [0.15, 0.2) is 0 Å². The van der Waals surface area contributed by atoms with Gasteiger partial charge in [-0.05, 0) is 25.5 Å². The fourth-order valence-electron chi connectivity index (χ4n) is 2.20. The maximum Gasteiger partial charge on any atom is 0.147 e. The van der Waals surface area contributed by atoms with E-state index in [0.717, 1.165) is 24.5 Å². The van der Waals surface area contributed by atoms with E-state index in [-0.39, 0.29) is 12.2 Å². The van der Waals surface area contributed by atoms with E-state index < -0.39 is 0 Å². The molecule has 1 fully saturated rings. The molecule has 1 saturated heterocycles. The number of nitrogens with two attached hydrogens (primary N) is 1. The summed E-state index contributed by atoms with van der Waals surface area (Å²) in [4.78, 5) is 6.53. The Morgan fingerprint density at radius 3 is 2.71 bits per heavy atom. The van der Waals surface area contributed by atoms with E-state index in [4.69, 9.17) is 22.1 Å². The van der Waals surface area contributed by atoms with Crippen LogP contribution in [-0.2, 0) is 11.3 Å². The lowest BCUT2D eigenvalue weighted by atomic mass is 10.2. The minimum atomic E-state index is 0.193. The molecule has 1 aromatic heterocycles. The summed E-state index contributed by atoms with van der Waals surface area (Å²) in [5.41, 5.74) is 6.58. The molecule has 1 aliphatic rings. The molecule has 2 rings (SSSR count). The van der Waals surface area contributed by atoms with Gasteiger partial charge in [0.2, 0.25) is 0 Å². The lowest BCUT2D eigenvalue weighted by molar-refractivity contribution is -0.00545. The molecular weight excluding hydrogens is 238 g/mol. The summed E-state index contributed by atoms with van der Waals surface area (Å²) in [6, 6.07) is 1.86. The SMILES string of the molecule is CC1CN(c2nccc(CN)c2Cl)CC(C)O1. The van der Waals surface area contributed by atoms with Crippen LogP contribution in [0.4, 0.5) is 5.82 Å². The van der Waals surface area contributed by atoms with Gasteiger partial charge in [0.05, 0.1) is 17.2 Å². The molecule has 4 nitrogen and oxygen atoms in total. The molecule has 2 unspecified atom stereocenters. The number of ether oxygens (including phenoxy) is 1. The van der Waals surface area contributed by atoms with Gasteiger partial charge in [-0.1, -0.05) is 11.6 Å². The highest BCUT2D eigenvalue weighted by atomic mass is 35.5. The number of hydrogen-bond acceptors (Lipinski definition) is 4. The standard InChI is InChI=1S/C12H18ClN3O/c1-8-6-16(7-9(2)17-8)12-11(13)10(5-14)3-4-15-12/h3-4,8-9H,5-7,14H2,1-2H3. The number of pyridine rings is 1. The molecule has 1 aromatic rings. The number of morpholine rings is 1. The summed E-state index contributed by atoms with van der Waals surface area (Å²) >= 11 is 6.31. The van der Waals surface area contributed by atoms with Crippen LogP contribution in [0.3, 0.4) is 0 Å². The zero-order valence-electron chi connectivity index (χ0n) is 10.2. The lowest BCUT2D eigenvalue weighted by Gasteiger charge is -2.36. The monoisotopic (exact) mass is 255 g/mol. The Morgan fingerprint density at radius 2 is 2.12 bits per heavy atom. The van der Waals surface area contributed by atoms with Crippen LogP contribution in [0.25, 0.3) is 0 Å². The molecule has 0 saturated carbocycles. The van der Waals surface area contributed by atoms with E-state index in [0.29, 0.717) is 11.6 Å². The highest BCUT2D eigenvalue weighted by Crippen LogP contribution is 2.28. The van der Waals surface area contributed by atoms with Crippen molar-refractivity contribution in [2.75, 3.05) is 18.0 Å². The normalized spacial score (nSPS) is 25.1. The maximum absolute atomic E-state index is 6.31. The van der Waals surface area contributed by atoms with Crippen molar-refractivity contribution in [2.45, 2.75) is 32.6 Å². The Labute approximate surface area is 107 Å². The first-order valence-electron chi connectivity index (χ1n) is 5.85. The molecule has 5 heteroatoms. The molecule has 0 bridgehead atoms. The zero-order valence-corrected chi connectivity index (χ0v) is 10.9. The number of rotatable bonds is 2. The van der Waals surface area contributed by atoms with Gasteiger partial charge >= 0.3 is 0 Å². The molecule has 94 valence electrons. The van der Waals surface area contributed by atoms with Gasteiger partial charge in [0.1, 0.15) is 5.82 Å². The van der Waals surface area contributed by atoms with E-state index in [9.17, 15) is 0 Å². The fourth-order valence-corrected chi connectivity index (χ4v) is 2.51. The highest BCUT2D eigenvalue weighted by molar-refractivity contribution is 6.33. The van der Waals surface area contributed by atoms with Crippen LogP contribution in [0.2, 0.25) is 5.02 Å². The Bertz CT molecular complexity index is 389. The first-order valence-corrected chi connectivity index (χ1v) is 6.23. The van der Waals surface area contributed by atoms with Gasteiger partial charge in [-0.2, -0.15) is 0 Å². The number of nitrogens with zero attached hydrogens (tertiary/aromatic N) is 2. The quantitative estimate of drug-likeness (QED) is 0.876. The van der Waals surface area contributed by atoms with E-state index in [1.54, 1.807) is 6.20 Å². The largest absolute Gasteiger partial charge is 0.372 e. The van der Waals surface area contributed by atoms with Crippen LogP contribution in [0, 0.1) is 0 Å². The van der Waals surface area contributed by atoms with Crippen LogP contribution in [0.5, 0.6) is 0 Å². The van der Waals surface area contributed by atoms with Crippen molar-refractivity contribution in [3.05, 3.63) is 22.8 Å². The van der Waals surface area contributed by atoms with Crippen LogP contribution in [0.1, 0.15) is 19.4 Å². The second kappa shape index (κ2) is 5.21. The Morgan fingerprint density at radius 1 is 1.47 bits per heavy atom. The summed E-state index contributed by atoms with van der Waals surface area (Å²) < 4.78 is 5.70. The van der Waals surface area contributed by atoms with Gasteiger partial charge < -0.3 is 15.4 Å². The minimum absolute atomic E-state index is 0.193. The summed E-state index contributed by atoms with van der Waals surface area (Å²) in [7, 11) is 0. The molecule has 2 N–H and O–H groups in total. The maximum atomic E-state index is 6.31. The minimum Gasteiger partial charge on any atom is -0.372 e. The van der Waals surface area contributed by atoms with E-state index in [2.05, 4.69) is 23.7 Å². The molecule has 0 spiro atoms. The summed E-state index contributed by atoms with van der Waals surface area (Å²) in [6.45, 7) is 6.17. The topological polar surface area (TPSA) is 51.4 Å². The third-order valence-electron chi connectivity index (χ3n) is 2.89. The predicted octanol–water partition coefficient (Wildman–Crippen LogP) is 1.81. The number of hydrogen-bond donors (Lipinski definition) is 1. The molecule has 17 heavy (non-hydrogen) atoms. The second-order valence-electron chi connectivity index (χ2n) is 4.47.